The molecule has 1 nitrogen and oxygen atoms in total. The molecule has 1 heteroatoms. The van der Waals surface area contributed by atoms with E-state index < -0.39 is 0 Å². The second-order valence-corrected chi connectivity index (χ2v) is 4.18. The van der Waals surface area contributed by atoms with Crippen molar-refractivity contribution in [2.75, 3.05) is 0 Å². The molecule has 2 atom stereocenters. The number of nitrogens with one attached hydrogen (secondary N) is 1. The predicted octanol–water partition coefficient (Wildman–Crippen LogP) is 2.95. The van der Waals surface area contributed by atoms with Gasteiger partial charge in [0.05, 0.1) is 0 Å². The predicted molar refractivity (Wildman–Crippen MR) is 54.3 cm³/mol. The van der Waals surface area contributed by atoms with Gasteiger partial charge in [0.25, 0.3) is 0 Å². The van der Waals surface area contributed by atoms with Crippen molar-refractivity contribution in [3.63, 3.8) is 0 Å². The van der Waals surface area contributed by atoms with Crippen molar-refractivity contribution in [1.29, 1.82) is 0 Å². The molecule has 0 aromatic heterocycles. The fraction of sp³-hybridized carbons (Fsp3) is 1.00. The van der Waals surface area contributed by atoms with Crippen LogP contribution in [0.1, 0.15) is 52.9 Å². The van der Waals surface area contributed by atoms with E-state index >= 15 is 0 Å². The van der Waals surface area contributed by atoms with Crippen LogP contribution in [0, 0.1) is 5.92 Å². The van der Waals surface area contributed by atoms with Crippen molar-refractivity contribution in [3.05, 3.63) is 0 Å². The number of rotatable bonds is 3. The Morgan fingerprint density at radius 1 is 1.25 bits per heavy atom. The van der Waals surface area contributed by atoms with Crippen LogP contribution >= 0.6 is 0 Å². The van der Waals surface area contributed by atoms with E-state index in [-0.39, 0.29) is 0 Å². The van der Waals surface area contributed by atoms with Crippen LogP contribution in [0.2, 0.25) is 0 Å². The summed E-state index contributed by atoms with van der Waals surface area (Å²) in [5, 5.41) is 3.72. The molecule has 0 radical (unpaired) electrons. The normalized spacial score (nSPS) is 31.0. The zero-order chi connectivity index (χ0) is 8.97. The first-order valence-electron chi connectivity index (χ1n) is 5.54. The van der Waals surface area contributed by atoms with Gasteiger partial charge in [-0.1, -0.05) is 33.1 Å². The van der Waals surface area contributed by atoms with Crippen LogP contribution in [-0.2, 0) is 0 Å². The van der Waals surface area contributed by atoms with Crippen LogP contribution in [0.4, 0.5) is 0 Å². The molecule has 12 heavy (non-hydrogen) atoms. The molecule has 0 aliphatic carbocycles. The van der Waals surface area contributed by atoms with Crippen molar-refractivity contribution in [2.45, 2.75) is 65.0 Å². The highest BCUT2D eigenvalue weighted by atomic mass is 15.0. The lowest BCUT2D eigenvalue weighted by atomic mass is 9.86. The van der Waals surface area contributed by atoms with Gasteiger partial charge in [-0.15, -0.1) is 0 Å². The van der Waals surface area contributed by atoms with Gasteiger partial charge in [0.2, 0.25) is 0 Å². The molecule has 2 unspecified atom stereocenters. The minimum absolute atomic E-state index is 0.754. The lowest BCUT2D eigenvalue weighted by Crippen LogP contribution is -2.44. The van der Waals surface area contributed by atoms with E-state index in [0.717, 1.165) is 18.0 Å². The third-order valence-corrected chi connectivity index (χ3v) is 3.27. The minimum atomic E-state index is 0.754. The first-order chi connectivity index (χ1) is 5.77. The van der Waals surface area contributed by atoms with E-state index in [1.165, 1.54) is 32.1 Å². The average molecular weight is 169 g/mol. The summed E-state index contributed by atoms with van der Waals surface area (Å²) in [6.07, 6.45) is 6.87. The molecule has 1 saturated heterocycles. The van der Waals surface area contributed by atoms with Gasteiger partial charge in [0.15, 0.2) is 0 Å². The Morgan fingerprint density at radius 3 is 2.42 bits per heavy atom. The van der Waals surface area contributed by atoms with Crippen LogP contribution in [0.15, 0.2) is 0 Å². The maximum atomic E-state index is 3.72. The van der Waals surface area contributed by atoms with Gasteiger partial charge in [0, 0.05) is 12.1 Å². The molecule has 1 aliphatic rings. The molecule has 0 spiro atoms. The molecule has 0 bridgehead atoms. The van der Waals surface area contributed by atoms with Crippen molar-refractivity contribution < 1.29 is 0 Å². The van der Waals surface area contributed by atoms with Gasteiger partial charge in [0.1, 0.15) is 0 Å². The lowest BCUT2D eigenvalue weighted by Gasteiger charge is -2.34. The fourth-order valence-electron chi connectivity index (χ4n) is 2.41. The summed E-state index contributed by atoms with van der Waals surface area (Å²) < 4.78 is 0. The highest BCUT2D eigenvalue weighted by molar-refractivity contribution is 4.82. The zero-order valence-corrected chi connectivity index (χ0v) is 8.77. The Bertz CT molecular complexity index is 118. The van der Waals surface area contributed by atoms with Crippen LogP contribution in [0.25, 0.3) is 0 Å². The van der Waals surface area contributed by atoms with Crippen molar-refractivity contribution in [2.24, 2.45) is 5.92 Å². The summed E-state index contributed by atoms with van der Waals surface area (Å²) in [5.41, 5.74) is 0. The molecule has 1 rings (SSSR count). The SMILES string of the molecule is CCC(CC)C1CCCC(C)N1. The second kappa shape index (κ2) is 4.86. The summed E-state index contributed by atoms with van der Waals surface area (Å²) in [7, 11) is 0. The molecule has 1 N–H and O–H groups in total. The highest BCUT2D eigenvalue weighted by Gasteiger charge is 2.23. The van der Waals surface area contributed by atoms with Gasteiger partial charge in [-0.2, -0.15) is 0 Å². The van der Waals surface area contributed by atoms with Crippen LogP contribution in [-0.4, -0.2) is 12.1 Å². The standard InChI is InChI=1S/C11H23N/c1-4-10(5-2)11-8-6-7-9(3)12-11/h9-12H,4-8H2,1-3H3. The molecule has 0 aromatic rings. The zero-order valence-electron chi connectivity index (χ0n) is 8.77. The first kappa shape index (κ1) is 10.0. The number of hydrogen-bond acceptors (Lipinski definition) is 1. The largest absolute Gasteiger partial charge is 0.311 e. The Balaban J connectivity index is 2.38. The summed E-state index contributed by atoms with van der Waals surface area (Å²) >= 11 is 0. The molecule has 0 saturated carbocycles. The highest BCUT2D eigenvalue weighted by Crippen LogP contribution is 2.22. The fourth-order valence-corrected chi connectivity index (χ4v) is 2.41. The van der Waals surface area contributed by atoms with E-state index in [4.69, 9.17) is 0 Å². The van der Waals surface area contributed by atoms with Crippen LogP contribution in [0.5, 0.6) is 0 Å². The molecule has 1 aliphatic heterocycles. The maximum absolute atomic E-state index is 3.72. The summed E-state index contributed by atoms with van der Waals surface area (Å²) in [6.45, 7) is 6.94. The van der Waals surface area contributed by atoms with Crippen LogP contribution < -0.4 is 5.32 Å². The van der Waals surface area contributed by atoms with E-state index in [2.05, 4.69) is 26.1 Å². The monoisotopic (exact) mass is 169 g/mol. The minimum Gasteiger partial charge on any atom is -0.311 e. The van der Waals surface area contributed by atoms with Gasteiger partial charge in [-0.3, -0.25) is 0 Å². The van der Waals surface area contributed by atoms with Gasteiger partial charge in [-0.05, 0) is 25.7 Å². The molecular weight excluding hydrogens is 146 g/mol. The van der Waals surface area contributed by atoms with Gasteiger partial charge < -0.3 is 5.32 Å². The summed E-state index contributed by atoms with van der Waals surface area (Å²) in [4.78, 5) is 0. The van der Waals surface area contributed by atoms with Crippen molar-refractivity contribution in [3.8, 4) is 0 Å². The molecular formula is C11H23N. The topological polar surface area (TPSA) is 12.0 Å². The Labute approximate surface area is 76.9 Å². The summed E-state index contributed by atoms with van der Waals surface area (Å²) in [6, 6.07) is 1.56. The number of hydrogen-bond donors (Lipinski definition) is 1. The number of piperidine rings is 1. The van der Waals surface area contributed by atoms with E-state index in [1.807, 2.05) is 0 Å². The molecule has 0 amide bonds. The smallest absolute Gasteiger partial charge is 0.00976 e. The lowest BCUT2D eigenvalue weighted by molar-refractivity contribution is 0.245. The molecule has 1 heterocycles. The Hall–Kier alpha value is -0.0400. The molecule has 72 valence electrons. The van der Waals surface area contributed by atoms with Gasteiger partial charge >= 0.3 is 0 Å². The van der Waals surface area contributed by atoms with E-state index in [0.29, 0.717) is 0 Å². The second-order valence-electron chi connectivity index (χ2n) is 4.18. The van der Waals surface area contributed by atoms with Crippen molar-refractivity contribution >= 4 is 0 Å². The van der Waals surface area contributed by atoms with Gasteiger partial charge in [-0.25, -0.2) is 0 Å². The molecule has 1 fully saturated rings. The Kier molecular flexibility index (Phi) is 4.07. The molecule has 0 aromatic carbocycles. The quantitative estimate of drug-likeness (QED) is 0.685. The third-order valence-electron chi connectivity index (χ3n) is 3.27. The van der Waals surface area contributed by atoms with E-state index in [1.54, 1.807) is 0 Å². The van der Waals surface area contributed by atoms with E-state index in [9.17, 15) is 0 Å². The third kappa shape index (κ3) is 2.48. The maximum Gasteiger partial charge on any atom is 0.00976 e. The Morgan fingerprint density at radius 2 is 1.92 bits per heavy atom. The first-order valence-corrected chi connectivity index (χ1v) is 5.54. The average Bonchev–Trinajstić information content (AvgIpc) is 2.07. The van der Waals surface area contributed by atoms with Crippen molar-refractivity contribution in [1.82, 2.24) is 5.32 Å². The van der Waals surface area contributed by atoms with Crippen LogP contribution in [0.3, 0.4) is 0 Å². The summed E-state index contributed by atoms with van der Waals surface area (Å²) in [5.74, 6) is 0.910.